The highest BCUT2D eigenvalue weighted by Crippen LogP contribution is 2.38. The molecule has 1 aliphatic heterocycles. The Morgan fingerprint density at radius 3 is 2.88 bits per heavy atom. The number of hydrogen-bond donors (Lipinski definition) is 2. The van der Waals surface area contributed by atoms with E-state index in [1.54, 1.807) is 17.0 Å². The van der Waals surface area contributed by atoms with E-state index >= 15 is 0 Å². The average molecular weight is 361 g/mol. The van der Waals surface area contributed by atoms with Gasteiger partial charge >= 0.3 is 0 Å². The van der Waals surface area contributed by atoms with Gasteiger partial charge in [0.15, 0.2) is 11.5 Å². The van der Waals surface area contributed by atoms with Crippen molar-refractivity contribution < 1.29 is 14.6 Å². The Morgan fingerprint density at radius 1 is 1.36 bits per heavy atom. The molecule has 6 heteroatoms. The molecule has 0 saturated carbocycles. The highest BCUT2D eigenvalue weighted by atomic mass is 35.5. The van der Waals surface area contributed by atoms with E-state index in [0.29, 0.717) is 37.0 Å². The van der Waals surface area contributed by atoms with Gasteiger partial charge in [0.25, 0.3) is 0 Å². The average Bonchev–Trinajstić information content (AvgIpc) is 2.83. The summed E-state index contributed by atoms with van der Waals surface area (Å²) in [5, 5.41) is 11.0. The van der Waals surface area contributed by atoms with Crippen LogP contribution in [-0.4, -0.2) is 35.6 Å². The Balaban J connectivity index is 1.98. The van der Waals surface area contributed by atoms with Gasteiger partial charge in [0, 0.05) is 29.6 Å². The topological polar surface area (TPSA) is 75.8 Å². The first-order valence-electron chi connectivity index (χ1n) is 8.23. The van der Waals surface area contributed by atoms with Crippen molar-refractivity contribution >= 4 is 17.5 Å². The third-order valence-electron chi connectivity index (χ3n) is 4.36. The number of hydrogen-bond acceptors (Lipinski definition) is 4. The maximum atomic E-state index is 12.5. The molecule has 1 amide bonds. The molecule has 0 bridgehead atoms. The third-order valence-corrected chi connectivity index (χ3v) is 4.59. The molecule has 5 nitrogen and oxygen atoms in total. The third kappa shape index (κ3) is 3.72. The molecule has 0 aliphatic carbocycles. The fourth-order valence-corrected chi connectivity index (χ4v) is 3.12. The molecule has 0 fully saturated rings. The molecule has 1 aliphatic rings. The number of halogens is 1. The van der Waals surface area contributed by atoms with Crippen LogP contribution in [0, 0.1) is 5.92 Å². The number of rotatable bonds is 3. The second-order valence-electron chi connectivity index (χ2n) is 6.24. The molecule has 0 spiro atoms. The molecule has 2 aromatic rings. The lowest BCUT2D eigenvalue weighted by Crippen LogP contribution is -2.38. The van der Waals surface area contributed by atoms with Crippen molar-refractivity contribution in [2.75, 3.05) is 19.7 Å². The van der Waals surface area contributed by atoms with Crippen LogP contribution in [-0.2, 0) is 11.3 Å². The summed E-state index contributed by atoms with van der Waals surface area (Å²) >= 11 is 6.07. The van der Waals surface area contributed by atoms with Crippen LogP contribution in [0.3, 0.4) is 0 Å². The molecule has 3 N–H and O–H groups in total. The molecule has 1 heterocycles. The number of aromatic hydroxyl groups is 1. The SMILES string of the molecule is C[C@@H](CN)C(=O)N1CCOc2c(O)cc(-c3cccc(Cl)c3)cc2C1. The fourth-order valence-electron chi connectivity index (χ4n) is 2.93. The standard InChI is InChI=1S/C19H21ClN2O3/c1-12(10-21)19(24)22-5-6-25-18-15(11-22)7-14(9-17(18)23)13-3-2-4-16(20)8-13/h2-4,7-9,12,23H,5-6,10-11,21H2,1H3/t12-/m0/s1. The van der Waals surface area contributed by atoms with Crippen molar-refractivity contribution in [1.29, 1.82) is 0 Å². The van der Waals surface area contributed by atoms with Gasteiger partial charge in [-0.05, 0) is 35.4 Å². The summed E-state index contributed by atoms with van der Waals surface area (Å²) in [5.41, 5.74) is 8.10. The number of nitrogens with two attached hydrogens (primary N) is 1. The summed E-state index contributed by atoms with van der Waals surface area (Å²) in [6.07, 6.45) is 0. The van der Waals surface area contributed by atoms with Crippen LogP contribution in [0.25, 0.3) is 11.1 Å². The first kappa shape index (κ1) is 17.6. The maximum absolute atomic E-state index is 12.5. The van der Waals surface area contributed by atoms with E-state index in [9.17, 15) is 9.90 Å². The summed E-state index contributed by atoms with van der Waals surface area (Å²) in [4.78, 5) is 14.2. The number of carbonyl (C=O) groups is 1. The van der Waals surface area contributed by atoms with E-state index in [1.807, 2.05) is 31.2 Å². The maximum Gasteiger partial charge on any atom is 0.227 e. The zero-order chi connectivity index (χ0) is 18.0. The number of nitrogens with zero attached hydrogens (tertiary/aromatic N) is 1. The van der Waals surface area contributed by atoms with Gasteiger partial charge < -0.3 is 20.5 Å². The molecule has 132 valence electrons. The molecule has 0 saturated heterocycles. The van der Waals surface area contributed by atoms with Crippen molar-refractivity contribution in [3.8, 4) is 22.6 Å². The van der Waals surface area contributed by atoms with Crippen molar-refractivity contribution in [2.45, 2.75) is 13.5 Å². The highest BCUT2D eigenvalue weighted by Gasteiger charge is 2.25. The summed E-state index contributed by atoms with van der Waals surface area (Å²) < 4.78 is 5.69. The predicted octanol–water partition coefficient (Wildman–Crippen LogP) is 3.03. The zero-order valence-corrected chi connectivity index (χ0v) is 14.8. The minimum Gasteiger partial charge on any atom is -0.504 e. The van der Waals surface area contributed by atoms with Crippen LogP contribution in [0.4, 0.5) is 0 Å². The summed E-state index contributed by atoms with van der Waals surface area (Å²) in [7, 11) is 0. The van der Waals surface area contributed by atoms with E-state index in [1.165, 1.54) is 0 Å². The van der Waals surface area contributed by atoms with E-state index in [2.05, 4.69) is 0 Å². The van der Waals surface area contributed by atoms with Crippen LogP contribution < -0.4 is 10.5 Å². The number of carbonyl (C=O) groups excluding carboxylic acids is 1. The van der Waals surface area contributed by atoms with Crippen LogP contribution in [0.15, 0.2) is 36.4 Å². The number of ether oxygens (including phenoxy) is 1. The Kier molecular flexibility index (Phi) is 5.16. The van der Waals surface area contributed by atoms with Gasteiger partial charge in [0.1, 0.15) is 6.61 Å². The smallest absolute Gasteiger partial charge is 0.227 e. The van der Waals surface area contributed by atoms with Crippen molar-refractivity contribution in [3.05, 3.63) is 47.0 Å². The van der Waals surface area contributed by atoms with Gasteiger partial charge in [-0.15, -0.1) is 0 Å². The van der Waals surface area contributed by atoms with Crippen LogP contribution in [0.1, 0.15) is 12.5 Å². The van der Waals surface area contributed by atoms with E-state index in [0.717, 1.165) is 16.7 Å². The van der Waals surface area contributed by atoms with Crippen LogP contribution in [0.5, 0.6) is 11.5 Å². The predicted molar refractivity (Wildman–Crippen MR) is 97.7 cm³/mol. The molecule has 1 atom stereocenters. The van der Waals surface area contributed by atoms with Gasteiger partial charge in [-0.3, -0.25) is 4.79 Å². The number of phenols is 1. The Labute approximate surface area is 152 Å². The molecule has 25 heavy (non-hydrogen) atoms. The van der Waals surface area contributed by atoms with E-state index in [4.69, 9.17) is 22.1 Å². The van der Waals surface area contributed by atoms with Crippen LogP contribution >= 0.6 is 11.6 Å². The molecular formula is C19H21ClN2O3. The largest absolute Gasteiger partial charge is 0.504 e. The molecular weight excluding hydrogens is 340 g/mol. The minimum atomic E-state index is -0.244. The number of benzene rings is 2. The first-order valence-corrected chi connectivity index (χ1v) is 8.61. The van der Waals surface area contributed by atoms with Gasteiger partial charge in [-0.1, -0.05) is 30.7 Å². The number of fused-ring (bicyclic) bond motifs is 1. The Bertz CT molecular complexity index is 794. The van der Waals surface area contributed by atoms with E-state index in [-0.39, 0.29) is 17.6 Å². The summed E-state index contributed by atoms with van der Waals surface area (Å²) in [6.45, 7) is 3.29. The summed E-state index contributed by atoms with van der Waals surface area (Å²) in [5.74, 6) is 0.244. The Morgan fingerprint density at radius 2 is 2.16 bits per heavy atom. The molecule has 2 aromatic carbocycles. The first-order chi connectivity index (χ1) is 12.0. The van der Waals surface area contributed by atoms with E-state index < -0.39 is 0 Å². The second-order valence-corrected chi connectivity index (χ2v) is 6.68. The van der Waals surface area contributed by atoms with Gasteiger partial charge in [-0.25, -0.2) is 0 Å². The number of phenolic OH excluding ortho intramolecular Hbond substituents is 1. The quantitative estimate of drug-likeness (QED) is 0.882. The lowest BCUT2D eigenvalue weighted by Gasteiger charge is -2.23. The van der Waals surface area contributed by atoms with Crippen molar-refractivity contribution in [1.82, 2.24) is 4.90 Å². The highest BCUT2D eigenvalue weighted by molar-refractivity contribution is 6.30. The van der Waals surface area contributed by atoms with Crippen LogP contribution in [0.2, 0.25) is 5.02 Å². The monoisotopic (exact) mass is 360 g/mol. The minimum absolute atomic E-state index is 0.00778. The molecule has 3 rings (SSSR count). The Hall–Kier alpha value is -2.24. The lowest BCUT2D eigenvalue weighted by atomic mass is 10.0. The number of amides is 1. The lowest BCUT2D eigenvalue weighted by molar-refractivity contribution is -0.135. The van der Waals surface area contributed by atoms with Gasteiger partial charge in [0.2, 0.25) is 5.91 Å². The fraction of sp³-hybridized carbons (Fsp3) is 0.316. The summed E-state index contributed by atoms with van der Waals surface area (Å²) in [6, 6.07) is 11.0. The molecule has 0 radical (unpaired) electrons. The van der Waals surface area contributed by atoms with Crippen molar-refractivity contribution in [2.24, 2.45) is 11.7 Å². The second kappa shape index (κ2) is 7.33. The normalized spacial score (nSPS) is 15.1. The van der Waals surface area contributed by atoms with Gasteiger partial charge in [-0.2, -0.15) is 0 Å². The molecule has 0 unspecified atom stereocenters. The van der Waals surface area contributed by atoms with Crippen molar-refractivity contribution in [3.63, 3.8) is 0 Å². The zero-order valence-electron chi connectivity index (χ0n) is 14.0. The molecule has 0 aromatic heterocycles. The van der Waals surface area contributed by atoms with Gasteiger partial charge in [0.05, 0.1) is 6.54 Å².